The number of aryl methyl sites for hydroxylation is 1. The van der Waals surface area contributed by atoms with Crippen molar-refractivity contribution in [2.24, 2.45) is 35.5 Å². The summed E-state index contributed by atoms with van der Waals surface area (Å²) in [5.74, 6) is -10.2. The molecule has 6 unspecified atom stereocenters. The maximum atomic E-state index is 14.0. The fourth-order valence-electron chi connectivity index (χ4n) is 7.30. The second-order valence-electron chi connectivity index (χ2n) is 11.7. The molecule has 0 bridgehead atoms. The fourth-order valence-corrected chi connectivity index (χ4v) is 7.30. The molecule has 0 spiro atoms. The highest BCUT2D eigenvalue weighted by molar-refractivity contribution is 6.32. The van der Waals surface area contributed by atoms with Gasteiger partial charge < -0.3 is 10.2 Å². The molecule has 3 aliphatic rings. The van der Waals surface area contributed by atoms with Gasteiger partial charge in [-0.1, -0.05) is 33.3 Å². The van der Waals surface area contributed by atoms with Gasteiger partial charge in [0.05, 0.1) is 11.5 Å². The van der Waals surface area contributed by atoms with E-state index in [0.717, 1.165) is 36.5 Å². The number of carbonyl (C=O) groups excluding carboxylic acids is 5. The standard InChI is InChI=1S/C31H33NO7/c1-5-6-16-9-18(13-32-12-16)19-7-8-22(34)26-20(19)10-17-11-21-23(14(2)3)27(35)24(15(4)33)29(37)31(21,39)30(38)25(17)28(26)36/h7-9,12-14,17,21,23-25,34,39H,5-6,10-11H2,1-4H3. The lowest BCUT2D eigenvalue weighted by Gasteiger charge is -2.52. The summed E-state index contributed by atoms with van der Waals surface area (Å²) in [4.78, 5) is 71.4. The van der Waals surface area contributed by atoms with Gasteiger partial charge in [-0.25, -0.2) is 0 Å². The van der Waals surface area contributed by atoms with Gasteiger partial charge in [-0.05, 0) is 66.8 Å². The highest BCUT2D eigenvalue weighted by Crippen LogP contribution is 2.53. The topological polar surface area (TPSA) is 139 Å². The van der Waals surface area contributed by atoms with Crippen molar-refractivity contribution in [3.63, 3.8) is 0 Å². The lowest BCUT2D eigenvalue weighted by atomic mass is 9.49. The Kier molecular flexibility index (Phi) is 6.66. The first-order valence-corrected chi connectivity index (χ1v) is 13.6. The lowest BCUT2D eigenvalue weighted by molar-refractivity contribution is -0.182. The van der Waals surface area contributed by atoms with Crippen LogP contribution >= 0.6 is 0 Å². The van der Waals surface area contributed by atoms with Crippen molar-refractivity contribution >= 4 is 28.9 Å². The molecule has 2 N–H and O–H groups in total. The van der Waals surface area contributed by atoms with Crippen molar-refractivity contribution < 1.29 is 34.2 Å². The van der Waals surface area contributed by atoms with Gasteiger partial charge >= 0.3 is 0 Å². The molecule has 8 nitrogen and oxygen atoms in total. The Morgan fingerprint density at radius 1 is 1.13 bits per heavy atom. The average Bonchev–Trinajstić information content (AvgIpc) is 2.86. The molecular weight excluding hydrogens is 498 g/mol. The molecule has 0 saturated heterocycles. The first-order chi connectivity index (χ1) is 18.4. The van der Waals surface area contributed by atoms with Crippen LogP contribution in [0.4, 0.5) is 0 Å². The number of carbonyl (C=O) groups is 5. The Labute approximate surface area is 226 Å². The van der Waals surface area contributed by atoms with Crippen molar-refractivity contribution in [1.82, 2.24) is 4.98 Å². The van der Waals surface area contributed by atoms with Crippen LogP contribution in [-0.2, 0) is 32.0 Å². The first kappa shape index (κ1) is 27.1. The molecule has 1 heterocycles. The minimum absolute atomic E-state index is 0.00732. The number of rotatable bonds is 5. The SMILES string of the molecule is CCCc1cncc(-c2ccc(O)c3c2CC2CC4C(C(C)C)C(=O)C(C(C)=O)C(=O)C4(O)C(=O)C2C3=O)c1. The van der Waals surface area contributed by atoms with E-state index < -0.39 is 64.1 Å². The van der Waals surface area contributed by atoms with E-state index in [2.05, 4.69) is 11.9 Å². The second kappa shape index (κ2) is 9.59. The number of pyridine rings is 1. The van der Waals surface area contributed by atoms with Gasteiger partial charge in [0.15, 0.2) is 28.7 Å². The van der Waals surface area contributed by atoms with Crippen molar-refractivity contribution in [2.45, 2.75) is 59.0 Å². The number of nitrogens with zero attached hydrogens (tertiary/aromatic N) is 1. The summed E-state index contributed by atoms with van der Waals surface area (Å²) >= 11 is 0. The molecule has 1 aromatic heterocycles. The highest BCUT2D eigenvalue weighted by atomic mass is 16.3. The van der Waals surface area contributed by atoms with Crippen LogP contribution in [-0.4, -0.2) is 49.7 Å². The summed E-state index contributed by atoms with van der Waals surface area (Å²) in [6.07, 6.45) is 5.59. The predicted octanol–water partition coefficient (Wildman–Crippen LogP) is 3.33. The average molecular weight is 532 g/mol. The molecule has 6 atom stereocenters. The number of aromatic hydroxyl groups is 1. The minimum Gasteiger partial charge on any atom is -0.507 e. The Morgan fingerprint density at radius 2 is 1.85 bits per heavy atom. The van der Waals surface area contributed by atoms with E-state index in [1.165, 1.54) is 6.07 Å². The maximum absolute atomic E-state index is 14.0. The highest BCUT2D eigenvalue weighted by Gasteiger charge is 2.68. The number of aliphatic hydroxyl groups is 1. The van der Waals surface area contributed by atoms with Crippen molar-refractivity contribution in [3.05, 3.63) is 47.3 Å². The molecule has 5 rings (SSSR count). The monoisotopic (exact) mass is 531 g/mol. The van der Waals surface area contributed by atoms with E-state index in [1.54, 1.807) is 32.3 Å². The number of ketones is 5. The molecule has 204 valence electrons. The summed E-state index contributed by atoms with van der Waals surface area (Å²) in [5, 5.41) is 22.5. The van der Waals surface area contributed by atoms with Crippen molar-refractivity contribution in [1.29, 1.82) is 0 Å². The van der Waals surface area contributed by atoms with Crippen LogP contribution in [0.3, 0.4) is 0 Å². The zero-order valence-corrected chi connectivity index (χ0v) is 22.6. The van der Waals surface area contributed by atoms with Crippen LogP contribution in [0.25, 0.3) is 11.1 Å². The predicted molar refractivity (Wildman–Crippen MR) is 141 cm³/mol. The zero-order valence-electron chi connectivity index (χ0n) is 22.6. The normalized spacial score (nSPS) is 30.2. The summed E-state index contributed by atoms with van der Waals surface area (Å²) in [6.45, 7) is 6.70. The van der Waals surface area contributed by atoms with Gasteiger partial charge in [-0.3, -0.25) is 29.0 Å². The van der Waals surface area contributed by atoms with Gasteiger partial charge in [0.2, 0.25) is 0 Å². The number of Topliss-reactive ketones (excluding diaryl/α,β-unsaturated/α-hetero) is 5. The number of phenols is 1. The molecule has 0 aliphatic heterocycles. The van der Waals surface area contributed by atoms with E-state index in [0.29, 0.717) is 5.56 Å². The Balaban J connectivity index is 1.64. The molecule has 0 radical (unpaired) electrons. The van der Waals surface area contributed by atoms with Crippen LogP contribution in [0.2, 0.25) is 0 Å². The number of aromatic nitrogens is 1. The third kappa shape index (κ3) is 3.91. The molecule has 2 fully saturated rings. The first-order valence-electron chi connectivity index (χ1n) is 13.6. The largest absolute Gasteiger partial charge is 0.507 e. The molecule has 3 aliphatic carbocycles. The molecule has 8 heteroatoms. The molecule has 2 saturated carbocycles. The quantitative estimate of drug-likeness (QED) is 0.560. The van der Waals surface area contributed by atoms with Gasteiger partial charge in [0, 0.05) is 29.8 Å². The molecule has 39 heavy (non-hydrogen) atoms. The third-order valence-corrected chi connectivity index (χ3v) is 8.96. The minimum atomic E-state index is -2.61. The third-order valence-electron chi connectivity index (χ3n) is 8.96. The molecule has 1 aromatic carbocycles. The van der Waals surface area contributed by atoms with Crippen LogP contribution < -0.4 is 0 Å². The Morgan fingerprint density at radius 3 is 2.49 bits per heavy atom. The number of hydrogen-bond donors (Lipinski definition) is 2. The van der Waals surface area contributed by atoms with Crippen LogP contribution in [0.5, 0.6) is 5.75 Å². The Bertz CT molecular complexity index is 1430. The lowest BCUT2D eigenvalue weighted by Crippen LogP contribution is -2.70. The number of benzene rings is 1. The molecule has 0 amide bonds. The molecular formula is C31H33NO7. The summed E-state index contributed by atoms with van der Waals surface area (Å²) in [6, 6.07) is 5.14. The van der Waals surface area contributed by atoms with Crippen molar-refractivity contribution in [3.8, 4) is 16.9 Å². The van der Waals surface area contributed by atoms with Gasteiger partial charge in [-0.2, -0.15) is 0 Å². The zero-order chi connectivity index (χ0) is 28.4. The smallest absolute Gasteiger partial charge is 0.190 e. The summed E-state index contributed by atoms with van der Waals surface area (Å²) in [7, 11) is 0. The van der Waals surface area contributed by atoms with E-state index in [-0.39, 0.29) is 30.1 Å². The number of hydrogen-bond acceptors (Lipinski definition) is 8. The van der Waals surface area contributed by atoms with Gasteiger partial charge in [-0.15, -0.1) is 0 Å². The molecule has 2 aromatic rings. The number of fused-ring (bicyclic) bond motifs is 3. The van der Waals surface area contributed by atoms with Crippen LogP contribution in [0, 0.1) is 35.5 Å². The maximum Gasteiger partial charge on any atom is 0.190 e. The number of phenolic OH excluding ortho intramolecular Hbond substituents is 1. The van der Waals surface area contributed by atoms with E-state index in [9.17, 15) is 34.2 Å². The van der Waals surface area contributed by atoms with Crippen LogP contribution in [0.15, 0.2) is 30.6 Å². The Hall–Kier alpha value is -3.52. The fraction of sp³-hybridized carbons (Fsp3) is 0.484. The summed E-state index contributed by atoms with van der Waals surface area (Å²) in [5.41, 5.74) is 0.530. The van der Waals surface area contributed by atoms with Gasteiger partial charge in [0.25, 0.3) is 0 Å². The second-order valence-corrected chi connectivity index (χ2v) is 11.7. The van der Waals surface area contributed by atoms with Gasteiger partial charge in [0.1, 0.15) is 17.5 Å². The van der Waals surface area contributed by atoms with Crippen molar-refractivity contribution in [2.75, 3.05) is 0 Å². The van der Waals surface area contributed by atoms with E-state index >= 15 is 0 Å². The van der Waals surface area contributed by atoms with E-state index in [1.807, 2.05) is 6.07 Å². The van der Waals surface area contributed by atoms with E-state index in [4.69, 9.17) is 0 Å². The summed E-state index contributed by atoms with van der Waals surface area (Å²) < 4.78 is 0. The van der Waals surface area contributed by atoms with Crippen LogP contribution in [0.1, 0.15) is 62.0 Å².